The van der Waals surface area contributed by atoms with Crippen molar-refractivity contribution in [2.45, 2.75) is 65.9 Å². The second-order valence-corrected chi connectivity index (χ2v) is 8.94. The first-order valence-corrected chi connectivity index (χ1v) is 10.7. The Hall–Kier alpha value is -1.85. The molecular weight excluding hydrogens is 427 g/mol. The summed E-state index contributed by atoms with van der Waals surface area (Å²) in [7, 11) is 0. The molecule has 0 aliphatic rings. The molecule has 0 saturated carbocycles. The molecule has 0 spiro atoms. The van der Waals surface area contributed by atoms with Crippen molar-refractivity contribution in [1.29, 1.82) is 0 Å². The molecule has 0 unspecified atom stereocenters. The Labute approximate surface area is 188 Å². The average molecular weight is 457 g/mol. The maximum Gasteiger partial charge on any atom is 0.306 e. The van der Waals surface area contributed by atoms with Crippen molar-refractivity contribution in [3.8, 4) is 5.75 Å². The lowest BCUT2D eigenvalue weighted by Crippen LogP contribution is -2.30. The van der Waals surface area contributed by atoms with Crippen LogP contribution < -0.4 is 4.74 Å². The highest BCUT2D eigenvalue weighted by Gasteiger charge is 2.24. The van der Waals surface area contributed by atoms with Crippen LogP contribution in [-0.2, 0) is 14.3 Å². The highest BCUT2D eigenvalue weighted by Crippen LogP contribution is 2.35. The molecule has 1 rings (SSSR count). The molecule has 30 heavy (non-hydrogen) atoms. The third-order valence-corrected chi connectivity index (χ3v) is 5.19. The summed E-state index contributed by atoms with van der Waals surface area (Å²) >= 11 is 12.4. The van der Waals surface area contributed by atoms with Gasteiger partial charge in [0.1, 0.15) is 23.0 Å². The van der Waals surface area contributed by atoms with Crippen LogP contribution in [0.1, 0.15) is 70.7 Å². The number of hydrogen-bond donors (Lipinski definition) is 0. The van der Waals surface area contributed by atoms with Gasteiger partial charge in [-0.15, -0.1) is 0 Å². The van der Waals surface area contributed by atoms with E-state index in [2.05, 4.69) is 20.4 Å². The maximum absolute atomic E-state index is 12.3. The van der Waals surface area contributed by atoms with E-state index in [1.807, 2.05) is 20.8 Å². The van der Waals surface area contributed by atoms with Crippen LogP contribution in [0.5, 0.6) is 5.75 Å². The van der Waals surface area contributed by atoms with Gasteiger partial charge < -0.3 is 9.47 Å². The highest BCUT2D eigenvalue weighted by atomic mass is 35.5. The number of carbonyl (C=O) groups excluding carboxylic acids is 3. The topological polar surface area (TPSA) is 69.7 Å². The summed E-state index contributed by atoms with van der Waals surface area (Å²) in [4.78, 5) is 36.3. The van der Waals surface area contributed by atoms with Crippen LogP contribution in [0.15, 0.2) is 24.3 Å². The summed E-state index contributed by atoms with van der Waals surface area (Å²) in [5.41, 5.74) is 0.0800. The lowest BCUT2D eigenvalue weighted by atomic mass is 9.96. The normalized spacial score (nSPS) is 11.3. The molecule has 0 aromatic heterocycles. The lowest BCUT2D eigenvalue weighted by molar-refractivity contribution is -0.158. The SMILES string of the molecule is C=C(CC)C(=O)c1ccc(OCC(=O)CCC(=O)OC(C)(C)CC(C)C)c(Cl)c1Cl. The Bertz CT molecular complexity index is 812. The van der Waals surface area contributed by atoms with Crippen LogP contribution in [0.3, 0.4) is 0 Å². The zero-order valence-corrected chi connectivity index (χ0v) is 19.8. The molecule has 0 atom stereocenters. The van der Waals surface area contributed by atoms with Crippen molar-refractivity contribution in [1.82, 2.24) is 0 Å². The van der Waals surface area contributed by atoms with Crippen molar-refractivity contribution in [2.75, 3.05) is 6.61 Å². The first-order valence-electron chi connectivity index (χ1n) is 9.94. The van der Waals surface area contributed by atoms with Crippen LogP contribution in [0.25, 0.3) is 0 Å². The predicted octanol–water partition coefficient (Wildman–Crippen LogP) is 6.24. The van der Waals surface area contributed by atoms with Gasteiger partial charge in [-0.1, -0.05) is 50.6 Å². The van der Waals surface area contributed by atoms with Gasteiger partial charge >= 0.3 is 5.97 Å². The zero-order chi connectivity index (χ0) is 23.1. The second-order valence-electron chi connectivity index (χ2n) is 8.18. The van der Waals surface area contributed by atoms with Crippen LogP contribution in [-0.4, -0.2) is 29.7 Å². The Morgan fingerprint density at radius 2 is 1.73 bits per heavy atom. The number of ether oxygens (including phenoxy) is 2. The number of ketones is 2. The van der Waals surface area contributed by atoms with Gasteiger partial charge in [-0.05, 0) is 50.3 Å². The Morgan fingerprint density at radius 1 is 1.10 bits per heavy atom. The number of Topliss-reactive ketones (excluding diaryl/α,β-unsaturated/α-hetero) is 2. The van der Waals surface area contributed by atoms with E-state index < -0.39 is 11.6 Å². The van der Waals surface area contributed by atoms with Crippen LogP contribution in [0.4, 0.5) is 0 Å². The quantitative estimate of drug-likeness (QED) is 0.211. The van der Waals surface area contributed by atoms with Crippen LogP contribution in [0.2, 0.25) is 10.0 Å². The number of rotatable bonds is 12. The van der Waals surface area contributed by atoms with E-state index in [1.165, 1.54) is 12.1 Å². The van der Waals surface area contributed by atoms with Crippen molar-refractivity contribution in [3.05, 3.63) is 39.9 Å². The molecule has 0 saturated heterocycles. The molecule has 0 N–H and O–H groups in total. The molecule has 5 nitrogen and oxygen atoms in total. The molecule has 0 heterocycles. The number of hydrogen-bond acceptors (Lipinski definition) is 5. The Balaban J connectivity index is 2.61. The molecule has 1 aromatic carbocycles. The van der Waals surface area contributed by atoms with Gasteiger partial charge in [-0.3, -0.25) is 14.4 Å². The van der Waals surface area contributed by atoms with Crippen molar-refractivity contribution < 1.29 is 23.9 Å². The van der Waals surface area contributed by atoms with Crippen LogP contribution in [0, 0.1) is 5.92 Å². The molecule has 0 amide bonds. The van der Waals surface area contributed by atoms with E-state index >= 15 is 0 Å². The zero-order valence-electron chi connectivity index (χ0n) is 18.3. The predicted molar refractivity (Wildman–Crippen MR) is 120 cm³/mol. The smallest absolute Gasteiger partial charge is 0.306 e. The van der Waals surface area contributed by atoms with Crippen molar-refractivity contribution >= 4 is 40.7 Å². The van der Waals surface area contributed by atoms with E-state index in [1.54, 1.807) is 0 Å². The van der Waals surface area contributed by atoms with Gasteiger partial charge in [0.15, 0.2) is 11.6 Å². The number of halogens is 2. The fourth-order valence-electron chi connectivity index (χ4n) is 3.03. The molecule has 0 aliphatic heterocycles. The monoisotopic (exact) mass is 456 g/mol. The van der Waals surface area contributed by atoms with Gasteiger partial charge in [0, 0.05) is 12.0 Å². The van der Waals surface area contributed by atoms with E-state index in [-0.39, 0.29) is 52.4 Å². The average Bonchev–Trinajstić information content (AvgIpc) is 2.64. The van der Waals surface area contributed by atoms with E-state index in [0.29, 0.717) is 17.9 Å². The molecular formula is C23H30Cl2O5. The van der Waals surface area contributed by atoms with E-state index in [0.717, 1.165) is 6.42 Å². The van der Waals surface area contributed by atoms with E-state index in [4.69, 9.17) is 32.7 Å². The summed E-state index contributed by atoms with van der Waals surface area (Å²) < 4.78 is 10.9. The Morgan fingerprint density at radius 3 is 2.30 bits per heavy atom. The van der Waals surface area contributed by atoms with Crippen LogP contribution >= 0.6 is 23.2 Å². The first-order chi connectivity index (χ1) is 13.9. The molecule has 1 aromatic rings. The second kappa shape index (κ2) is 11.5. The maximum atomic E-state index is 12.3. The molecule has 0 fully saturated rings. The third kappa shape index (κ3) is 8.11. The summed E-state index contributed by atoms with van der Waals surface area (Å²) in [6, 6.07) is 2.98. The Kier molecular flexibility index (Phi) is 10.1. The molecule has 7 heteroatoms. The highest BCUT2D eigenvalue weighted by molar-refractivity contribution is 6.45. The number of carbonyl (C=O) groups is 3. The summed E-state index contributed by atoms with van der Waals surface area (Å²) in [5.74, 6) is -0.407. The lowest BCUT2D eigenvalue weighted by Gasteiger charge is -2.26. The summed E-state index contributed by atoms with van der Waals surface area (Å²) in [5, 5.41) is 0.103. The van der Waals surface area contributed by atoms with Gasteiger partial charge in [0.05, 0.1) is 11.4 Å². The van der Waals surface area contributed by atoms with Gasteiger partial charge in [-0.2, -0.15) is 0 Å². The third-order valence-electron chi connectivity index (χ3n) is 4.33. The fraction of sp³-hybridized carbons (Fsp3) is 0.522. The molecule has 0 aliphatic carbocycles. The summed E-state index contributed by atoms with van der Waals surface area (Å²) in [6.07, 6.45) is 1.20. The van der Waals surface area contributed by atoms with Gasteiger partial charge in [-0.25, -0.2) is 0 Å². The van der Waals surface area contributed by atoms with Gasteiger partial charge in [0.25, 0.3) is 0 Å². The summed E-state index contributed by atoms with van der Waals surface area (Å²) in [6.45, 7) is 13.1. The number of allylic oxidation sites excluding steroid dienone is 1. The molecule has 0 bridgehead atoms. The molecule has 166 valence electrons. The minimum Gasteiger partial charge on any atom is -0.484 e. The van der Waals surface area contributed by atoms with Crippen molar-refractivity contribution in [3.63, 3.8) is 0 Å². The standard InChI is InChI=1S/C23H30Cl2O5/c1-7-15(4)22(28)17-9-10-18(21(25)20(17)24)29-13-16(26)8-11-19(27)30-23(5,6)12-14(2)3/h9-10,14H,4,7-8,11-13H2,1-3,5-6H3. The fourth-order valence-corrected chi connectivity index (χ4v) is 3.49. The number of benzene rings is 1. The van der Waals surface area contributed by atoms with Gasteiger partial charge in [0.2, 0.25) is 0 Å². The molecule has 0 radical (unpaired) electrons. The minimum absolute atomic E-state index is 0.00512. The van der Waals surface area contributed by atoms with E-state index in [9.17, 15) is 14.4 Å². The van der Waals surface area contributed by atoms with Crippen molar-refractivity contribution in [2.24, 2.45) is 5.92 Å². The first kappa shape index (κ1) is 26.2. The minimum atomic E-state index is -0.572. The number of esters is 1. The largest absolute Gasteiger partial charge is 0.484 e.